The second-order valence-corrected chi connectivity index (χ2v) is 4.01. The van der Waals surface area contributed by atoms with Gasteiger partial charge in [0.25, 0.3) is 0 Å². The van der Waals surface area contributed by atoms with E-state index in [0.29, 0.717) is 5.82 Å². The summed E-state index contributed by atoms with van der Waals surface area (Å²) in [4.78, 5) is 12.8. The summed E-state index contributed by atoms with van der Waals surface area (Å²) in [5.41, 5.74) is 2.43. The fourth-order valence-electron chi connectivity index (χ4n) is 1.28. The zero-order valence-electron chi connectivity index (χ0n) is 8.27. The van der Waals surface area contributed by atoms with Crippen LogP contribution in [0.15, 0.2) is 17.8 Å². The predicted octanol–water partition coefficient (Wildman–Crippen LogP) is 2.69. The van der Waals surface area contributed by atoms with Gasteiger partial charge in [0, 0.05) is 18.0 Å². The van der Waals surface area contributed by atoms with Gasteiger partial charge < -0.3 is 0 Å². The lowest BCUT2D eigenvalue weighted by Gasteiger charge is -2.00. The topological polar surface area (TPSA) is 38.7 Å². The first-order valence-electron chi connectivity index (χ1n) is 4.72. The molecule has 2 aromatic rings. The van der Waals surface area contributed by atoms with E-state index in [2.05, 4.69) is 15.0 Å². The summed E-state index contributed by atoms with van der Waals surface area (Å²) in [5, 5.41) is 0. The molecule has 0 saturated carbocycles. The highest BCUT2D eigenvalue weighted by Crippen LogP contribution is 2.19. The molecule has 0 N–H and O–H groups in total. The molecule has 15 heavy (non-hydrogen) atoms. The number of nitrogens with zero attached hydrogens (tertiary/aromatic N) is 3. The van der Waals surface area contributed by atoms with Gasteiger partial charge in [-0.2, -0.15) is 9.37 Å². The third-order valence-corrected chi connectivity index (χ3v) is 2.68. The van der Waals surface area contributed by atoms with Crippen molar-refractivity contribution in [1.82, 2.24) is 15.0 Å². The van der Waals surface area contributed by atoms with E-state index < -0.39 is 5.95 Å². The number of rotatable bonds is 3. The molecule has 0 aliphatic heterocycles. The minimum absolute atomic E-state index is 0.431. The molecule has 2 heterocycles. The van der Waals surface area contributed by atoms with Crippen LogP contribution in [0.25, 0.3) is 10.7 Å². The van der Waals surface area contributed by atoms with E-state index in [1.807, 2.05) is 6.92 Å². The van der Waals surface area contributed by atoms with Crippen LogP contribution in [0.2, 0.25) is 0 Å². The summed E-state index contributed by atoms with van der Waals surface area (Å²) >= 11 is 1.41. The molecule has 0 saturated heterocycles. The van der Waals surface area contributed by atoms with Gasteiger partial charge in [0.05, 0.1) is 10.4 Å². The summed E-state index contributed by atoms with van der Waals surface area (Å²) in [5.74, 6) is -0.0437. The van der Waals surface area contributed by atoms with Crippen molar-refractivity contribution in [3.8, 4) is 10.7 Å². The normalized spacial score (nSPS) is 10.5. The van der Waals surface area contributed by atoms with Crippen LogP contribution < -0.4 is 0 Å². The molecule has 2 rings (SSSR count). The summed E-state index contributed by atoms with van der Waals surface area (Å²) in [6, 6.07) is 1.38. The van der Waals surface area contributed by atoms with E-state index in [9.17, 15) is 4.39 Å². The van der Waals surface area contributed by atoms with Crippen molar-refractivity contribution in [2.75, 3.05) is 0 Å². The molecule has 3 nitrogen and oxygen atoms in total. The Kier molecular flexibility index (Phi) is 3.01. The molecule has 0 amide bonds. The maximum atomic E-state index is 13.2. The number of halogens is 1. The number of thiazole rings is 1. The van der Waals surface area contributed by atoms with E-state index in [4.69, 9.17) is 0 Å². The highest BCUT2D eigenvalue weighted by atomic mass is 32.1. The van der Waals surface area contributed by atoms with Crippen LogP contribution >= 0.6 is 11.3 Å². The van der Waals surface area contributed by atoms with Crippen LogP contribution in [-0.4, -0.2) is 15.0 Å². The molecule has 5 heteroatoms. The van der Waals surface area contributed by atoms with Crippen LogP contribution in [0.5, 0.6) is 0 Å². The van der Waals surface area contributed by atoms with Crippen molar-refractivity contribution in [2.45, 2.75) is 19.8 Å². The first-order chi connectivity index (χ1) is 7.29. The molecule has 0 aliphatic rings. The van der Waals surface area contributed by atoms with Crippen LogP contribution in [0.3, 0.4) is 0 Å². The smallest absolute Gasteiger partial charge is 0.216 e. The Hall–Kier alpha value is -1.36. The Labute approximate surface area is 91.0 Å². The molecule has 78 valence electrons. The lowest BCUT2D eigenvalue weighted by atomic mass is 10.2. The molecule has 2 aromatic heterocycles. The van der Waals surface area contributed by atoms with Crippen molar-refractivity contribution >= 4 is 11.3 Å². The number of aryl methyl sites for hydroxylation is 1. The Bertz CT molecular complexity index is 442. The summed E-state index contributed by atoms with van der Waals surface area (Å²) in [6.07, 6.45) is 3.36. The summed E-state index contributed by atoms with van der Waals surface area (Å²) in [6.45, 7) is 2.03. The molecule has 0 unspecified atom stereocenters. The molecule has 0 atom stereocenters. The standard InChI is InChI=1S/C10H10FN3S/c1-2-3-7-4-9(11)14-10(13-7)8-5-12-6-15-8/h4-6H,2-3H2,1H3. The fraction of sp³-hybridized carbons (Fsp3) is 0.300. The van der Waals surface area contributed by atoms with Crippen LogP contribution in [0.1, 0.15) is 19.0 Å². The first-order valence-corrected chi connectivity index (χ1v) is 5.60. The largest absolute Gasteiger partial charge is 0.252 e. The van der Waals surface area contributed by atoms with E-state index >= 15 is 0 Å². The van der Waals surface area contributed by atoms with Gasteiger partial charge >= 0.3 is 0 Å². The van der Waals surface area contributed by atoms with Crippen molar-refractivity contribution in [1.29, 1.82) is 0 Å². The van der Waals surface area contributed by atoms with Crippen LogP contribution in [-0.2, 0) is 6.42 Å². The number of hydrogen-bond donors (Lipinski definition) is 0. The molecular formula is C10H10FN3S. The molecule has 0 bridgehead atoms. The number of aromatic nitrogens is 3. The van der Waals surface area contributed by atoms with E-state index in [0.717, 1.165) is 23.4 Å². The number of hydrogen-bond acceptors (Lipinski definition) is 4. The highest BCUT2D eigenvalue weighted by molar-refractivity contribution is 7.13. The maximum absolute atomic E-state index is 13.2. The predicted molar refractivity (Wildman–Crippen MR) is 57.1 cm³/mol. The Morgan fingerprint density at radius 2 is 2.27 bits per heavy atom. The Morgan fingerprint density at radius 3 is 2.93 bits per heavy atom. The zero-order chi connectivity index (χ0) is 10.7. The summed E-state index contributed by atoms with van der Waals surface area (Å²) in [7, 11) is 0. The quantitative estimate of drug-likeness (QED) is 0.751. The Morgan fingerprint density at radius 1 is 1.40 bits per heavy atom. The van der Waals surface area contributed by atoms with E-state index in [1.165, 1.54) is 17.4 Å². The Balaban J connectivity index is 2.40. The molecule has 0 fully saturated rings. The third kappa shape index (κ3) is 2.36. The minimum atomic E-state index is -0.475. The maximum Gasteiger partial charge on any atom is 0.216 e. The fourth-order valence-corrected chi connectivity index (χ4v) is 1.84. The lowest BCUT2D eigenvalue weighted by molar-refractivity contribution is 0.577. The second-order valence-electron chi connectivity index (χ2n) is 3.12. The van der Waals surface area contributed by atoms with Gasteiger partial charge in [0.15, 0.2) is 5.82 Å². The van der Waals surface area contributed by atoms with Gasteiger partial charge in [-0.25, -0.2) is 4.98 Å². The molecule has 0 radical (unpaired) electrons. The van der Waals surface area contributed by atoms with Crippen molar-refractivity contribution < 1.29 is 4.39 Å². The third-order valence-electron chi connectivity index (χ3n) is 1.91. The minimum Gasteiger partial charge on any atom is -0.252 e. The van der Waals surface area contributed by atoms with Crippen LogP contribution in [0, 0.1) is 5.95 Å². The molecule has 0 aromatic carbocycles. The average Bonchev–Trinajstić information content (AvgIpc) is 2.70. The van der Waals surface area contributed by atoms with Crippen molar-refractivity contribution in [2.24, 2.45) is 0 Å². The van der Waals surface area contributed by atoms with E-state index in [-0.39, 0.29) is 0 Å². The highest BCUT2D eigenvalue weighted by Gasteiger charge is 2.07. The lowest BCUT2D eigenvalue weighted by Crippen LogP contribution is -1.97. The van der Waals surface area contributed by atoms with E-state index in [1.54, 1.807) is 11.7 Å². The van der Waals surface area contributed by atoms with Gasteiger partial charge in [-0.05, 0) is 6.42 Å². The van der Waals surface area contributed by atoms with Gasteiger partial charge in [-0.15, -0.1) is 11.3 Å². The zero-order valence-corrected chi connectivity index (χ0v) is 9.09. The van der Waals surface area contributed by atoms with Gasteiger partial charge in [0.1, 0.15) is 0 Å². The second kappa shape index (κ2) is 4.44. The van der Waals surface area contributed by atoms with Gasteiger partial charge in [-0.1, -0.05) is 13.3 Å². The molecular weight excluding hydrogens is 213 g/mol. The molecule has 0 spiro atoms. The molecule has 0 aliphatic carbocycles. The summed E-state index contributed by atoms with van der Waals surface area (Å²) < 4.78 is 13.2. The van der Waals surface area contributed by atoms with Gasteiger partial charge in [-0.3, -0.25) is 4.98 Å². The first kappa shape index (κ1) is 10.2. The van der Waals surface area contributed by atoms with Gasteiger partial charge in [0.2, 0.25) is 5.95 Å². The van der Waals surface area contributed by atoms with Crippen LogP contribution in [0.4, 0.5) is 4.39 Å². The SMILES string of the molecule is CCCc1cc(F)nc(-c2cncs2)n1. The monoisotopic (exact) mass is 223 g/mol. The van der Waals surface area contributed by atoms with Crippen molar-refractivity contribution in [3.63, 3.8) is 0 Å². The average molecular weight is 223 g/mol. The van der Waals surface area contributed by atoms with Crippen molar-refractivity contribution in [3.05, 3.63) is 29.4 Å².